The highest BCUT2D eigenvalue weighted by Crippen LogP contribution is 2.31. The second kappa shape index (κ2) is 5.40. The van der Waals surface area contributed by atoms with E-state index in [4.69, 9.17) is 16.3 Å². The van der Waals surface area contributed by atoms with Gasteiger partial charge in [0.25, 0.3) is 0 Å². The molecule has 0 aromatic rings. The van der Waals surface area contributed by atoms with Crippen molar-refractivity contribution in [2.24, 2.45) is 0 Å². The molecule has 0 bridgehead atoms. The number of unbranched alkanes of at least 4 members (excludes halogenated alkanes) is 1. The van der Waals surface area contributed by atoms with Crippen LogP contribution in [0.1, 0.15) is 46.0 Å². The Balaban J connectivity index is 2.64. The molecule has 0 saturated carbocycles. The summed E-state index contributed by atoms with van der Waals surface area (Å²) in [5.41, 5.74) is 0.701. The molecule has 0 spiro atoms. The lowest BCUT2D eigenvalue weighted by Gasteiger charge is -2.07. The quantitative estimate of drug-likeness (QED) is 0.659. The van der Waals surface area contributed by atoms with E-state index in [1.165, 1.54) is 0 Å². The van der Waals surface area contributed by atoms with Gasteiger partial charge < -0.3 is 4.74 Å². The van der Waals surface area contributed by atoms with Crippen LogP contribution in [0.15, 0.2) is 10.6 Å². The molecular weight excluding hydrogens is 200 g/mol. The maximum atomic E-state index is 11.4. The fourth-order valence-corrected chi connectivity index (χ4v) is 1.89. The Kier molecular flexibility index (Phi) is 4.46. The van der Waals surface area contributed by atoms with Crippen LogP contribution in [0.3, 0.4) is 0 Å². The topological polar surface area (TPSA) is 26.3 Å². The largest absolute Gasteiger partial charge is 0.453 e. The second-order valence-corrected chi connectivity index (χ2v) is 4.02. The zero-order chi connectivity index (χ0) is 10.6. The fourth-order valence-electron chi connectivity index (χ4n) is 1.57. The molecule has 80 valence electrons. The van der Waals surface area contributed by atoms with Gasteiger partial charge in [0.2, 0.25) is 0 Å². The summed E-state index contributed by atoms with van der Waals surface area (Å²) in [4.78, 5) is 11.4. The molecule has 1 atom stereocenters. The van der Waals surface area contributed by atoms with Gasteiger partial charge in [0.05, 0.1) is 10.6 Å². The zero-order valence-corrected chi connectivity index (χ0v) is 9.56. The predicted octanol–water partition coefficient (Wildman–Crippen LogP) is 3.40. The average molecular weight is 217 g/mol. The minimum absolute atomic E-state index is 0.166. The van der Waals surface area contributed by atoms with Crippen molar-refractivity contribution in [3.63, 3.8) is 0 Å². The number of esters is 1. The molecule has 0 radical (unpaired) electrons. The van der Waals surface area contributed by atoms with Gasteiger partial charge >= 0.3 is 5.97 Å². The summed E-state index contributed by atoms with van der Waals surface area (Å²) in [7, 11) is 0. The van der Waals surface area contributed by atoms with Crippen molar-refractivity contribution < 1.29 is 9.53 Å². The molecule has 1 aliphatic rings. The molecule has 0 amide bonds. The van der Waals surface area contributed by atoms with Gasteiger partial charge in [0.1, 0.15) is 6.10 Å². The molecule has 0 N–H and O–H groups in total. The molecule has 0 aromatic carbocycles. The van der Waals surface area contributed by atoms with E-state index in [9.17, 15) is 4.79 Å². The Morgan fingerprint density at radius 3 is 2.64 bits per heavy atom. The third-order valence-electron chi connectivity index (χ3n) is 2.40. The highest BCUT2D eigenvalue weighted by Gasteiger charge is 2.31. The first-order valence-corrected chi connectivity index (χ1v) is 5.68. The molecule has 3 heteroatoms. The van der Waals surface area contributed by atoms with Crippen molar-refractivity contribution in [2.45, 2.75) is 52.1 Å². The Morgan fingerprint density at radius 1 is 1.36 bits per heavy atom. The highest BCUT2D eigenvalue weighted by molar-refractivity contribution is 6.33. The highest BCUT2D eigenvalue weighted by atomic mass is 35.5. The lowest BCUT2D eigenvalue weighted by atomic mass is 10.1. The number of hydrogen-bond donors (Lipinski definition) is 0. The molecular formula is C11H17ClO2. The predicted molar refractivity (Wildman–Crippen MR) is 57.2 cm³/mol. The summed E-state index contributed by atoms with van der Waals surface area (Å²) in [6.45, 7) is 4.15. The maximum Gasteiger partial charge on any atom is 0.335 e. The van der Waals surface area contributed by atoms with E-state index in [2.05, 4.69) is 13.8 Å². The monoisotopic (exact) mass is 216 g/mol. The van der Waals surface area contributed by atoms with Crippen LogP contribution in [0.4, 0.5) is 0 Å². The summed E-state index contributed by atoms with van der Waals surface area (Å²) in [5, 5.41) is 0.644. The molecule has 2 nitrogen and oxygen atoms in total. The van der Waals surface area contributed by atoms with Gasteiger partial charge in [-0.3, -0.25) is 0 Å². The molecule has 0 aromatic heterocycles. The molecule has 1 unspecified atom stereocenters. The molecule has 1 rings (SSSR count). The van der Waals surface area contributed by atoms with Crippen molar-refractivity contribution in [1.29, 1.82) is 0 Å². The van der Waals surface area contributed by atoms with Crippen LogP contribution in [0, 0.1) is 0 Å². The summed E-state index contributed by atoms with van der Waals surface area (Å²) >= 11 is 6.09. The van der Waals surface area contributed by atoms with Gasteiger partial charge in [-0.25, -0.2) is 4.79 Å². The smallest absolute Gasteiger partial charge is 0.335 e. The van der Waals surface area contributed by atoms with Crippen molar-refractivity contribution in [3.05, 3.63) is 10.6 Å². The van der Waals surface area contributed by atoms with Gasteiger partial charge in [0, 0.05) is 0 Å². The number of carbonyl (C=O) groups excluding carboxylic acids is 1. The third kappa shape index (κ3) is 2.50. The van der Waals surface area contributed by atoms with Crippen LogP contribution in [0.5, 0.6) is 0 Å². The SMILES string of the molecule is CCCCC1=C(Cl)C(CCC)OC1=O. The van der Waals surface area contributed by atoms with E-state index >= 15 is 0 Å². The molecule has 14 heavy (non-hydrogen) atoms. The normalized spacial score (nSPS) is 21.6. The molecule has 0 saturated heterocycles. The van der Waals surface area contributed by atoms with Crippen LogP contribution in [0.2, 0.25) is 0 Å². The summed E-state index contributed by atoms with van der Waals surface area (Å²) in [6.07, 6.45) is 4.48. The fraction of sp³-hybridized carbons (Fsp3) is 0.727. The van der Waals surface area contributed by atoms with Crippen LogP contribution in [-0.2, 0) is 9.53 Å². The summed E-state index contributed by atoms with van der Waals surface area (Å²) in [5.74, 6) is -0.207. The van der Waals surface area contributed by atoms with E-state index < -0.39 is 0 Å². The van der Waals surface area contributed by atoms with Crippen LogP contribution in [0.25, 0.3) is 0 Å². The second-order valence-electron chi connectivity index (χ2n) is 3.61. The third-order valence-corrected chi connectivity index (χ3v) is 2.87. The summed E-state index contributed by atoms with van der Waals surface area (Å²) in [6, 6.07) is 0. The lowest BCUT2D eigenvalue weighted by molar-refractivity contribution is -0.140. The lowest BCUT2D eigenvalue weighted by Crippen LogP contribution is -2.09. The minimum Gasteiger partial charge on any atom is -0.453 e. The van der Waals surface area contributed by atoms with Gasteiger partial charge in [0.15, 0.2) is 0 Å². The van der Waals surface area contributed by atoms with Crippen LogP contribution in [-0.4, -0.2) is 12.1 Å². The van der Waals surface area contributed by atoms with Crippen molar-refractivity contribution in [1.82, 2.24) is 0 Å². The number of carbonyl (C=O) groups is 1. The number of cyclic esters (lactones) is 1. The van der Waals surface area contributed by atoms with Gasteiger partial charge in [-0.2, -0.15) is 0 Å². The van der Waals surface area contributed by atoms with Gasteiger partial charge in [-0.15, -0.1) is 0 Å². The first-order chi connectivity index (χ1) is 6.70. The van der Waals surface area contributed by atoms with E-state index in [1.54, 1.807) is 0 Å². The number of ether oxygens (including phenoxy) is 1. The molecule has 0 aliphatic carbocycles. The van der Waals surface area contributed by atoms with Crippen molar-refractivity contribution in [2.75, 3.05) is 0 Å². The molecule has 1 aliphatic heterocycles. The first kappa shape index (κ1) is 11.6. The van der Waals surface area contributed by atoms with Crippen molar-refractivity contribution >= 4 is 17.6 Å². The van der Waals surface area contributed by atoms with Crippen LogP contribution >= 0.6 is 11.6 Å². The van der Waals surface area contributed by atoms with Gasteiger partial charge in [-0.1, -0.05) is 38.3 Å². The Morgan fingerprint density at radius 2 is 2.07 bits per heavy atom. The van der Waals surface area contributed by atoms with Gasteiger partial charge in [-0.05, 0) is 19.3 Å². The van der Waals surface area contributed by atoms with E-state index in [1.807, 2.05) is 0 Å². The average Bonchev–Trinajstić information content (AvgIpc) is 2.41. The first-order valence-electron chi connectivity index (χ1n) is 5.30. The molecule has 1 heterocycles. The standard InChI is InChI=1S/C11H17ClO2/c1-3-5-7-8-10(12)9(6-4-2)14-11(8)13/h9H,3-7H2,1-2H3. The maximum absolute atomic E-state index is 11.4. The minimum atomic E-state index is -0.207. The number of hydrogen-bond acceptors (Lipinski definition) is 2. The van der Waals surface area contributed by atoms with E-state index in [-0.39, 0.29) is 12.1 Å². The Hall–Kier alpha value is -0.500. The Bertz CT molecular complexity index is 246. The summed E-state index contributed by atoms with van der Waals surface area (Å²) < 4.78 is 5.18. The van der Waals surface area contributed by atoms with E-state index in [0.717, 1.165) is 32.1 Å². The molecule has 0 fully saturated rings. The number of rotatable bonds is 5. The van der Waals surface area contributed by atoms with E-state index in [0.29, 0.717) is 10.6 Å². The van der Waals surface area contributed by atoms with Crippen LogP contribution < -0.4 is 0 Å². The Labute approximate surface area is 90.3 Å². The number of halogens is 1. The zero-order valence-electron chi connectivity index (χ0n) is 8.81. The van der Waals surface area contributed by atoms with Crippen molar-refractivity contribution in [3.8, 4) is 0 Å².